The minimum atomic E-state index is -0.145. The van der Waals surface area contributed by atoms with Crippen molar-refractivity contribution < 1.29 is 5.11 Å². The summed E-state index contributed by atoms with van der Waals surface area (Å²) in [6.07, 6.45) is 0. The van der Waals surface area contributed by atoms with Crippen LogP contribution in [0.15, 0.2) is 24.3 Å². The van der Waals surface area contributed by atoms with Gasteiger partial charge in [-0.25, -0.2) is 0 Å². The van der Waals surface area contributed by atoms with Gasteiger partial charge >= 0.3 is 86.9 Å². The zero-order valence-corrected chi connectivity index (χ0v) is 13.6. The van der Waals surface area contributed by atoms with Gasteiger partial charge in [0, 0.05) is 0 Å². The SMILES string of the molecule is CC(C)c1ccc([CH](O)[SnH3])cc1. The van der Waals surface area contributed by atoms with Crippen LogP contribution in [0.4, 0.5) is 0 Å². The van der Waals surface area contributed by atoms with E-state index >= 15 is 0 Å². The molecular formula is C10H16OSn. The van der Waals surface area contributed by atoms with Crippen molar-refractivity contribution in [3.63, 3.8) is 0 Å². The van der Waals surface area contributed by atoms with Crippen molar-refractivity contribution in [3.8, 4) is 0 Å². The summed E-state index contributed by atoms with van der Waals surface area (Å²) in [7, 11) is 0. The molecule has 0 aliphatic heterocycles. The van der Waals surface area contributed by atoms with Gasteiger partial charge < -0.3 is 0 Å². The molecule has 1 rings (SSSR count). The van der Waals surface area contributed by atoms with Crippen LogP contribution in [-0.2, 0) is 0 Å². The number of aliphatic hydroxyl groups is 1. The summed E-state index contributed by atoms with van der Waals surface area (Å²) in [6, 6.07) is 8.30. The van der Waals surface area contributed by atoms with Gasteiger partial charge in [-0.05, 0) is 0 Å². The minimum absolute atomic E-state index is 0.145. The maximum absolute atomic E-state index is 9.35. The molecule has 0 fully saturated rings. The summed E-state index contributed by atoms with van der Waals surface area (Å²) in [5.74, 6) is 0.580. The number of hydrogen-bond acceptors (Lipinski definition) is 1. The Morgan fingerprint density at radius 1 is 1.08 bits per heavy atom. The van der Waals surface area contributed by atoms with E-state index in [4.69, 9.17) is 0 Å². The summed E-state index contributed by atoms with van der Waals surface area (Å²) < 4.78 is -0.145. The van der Waals surface area contributed by atoms with E-state index in [0.717, 1.165) is 5.56 Å². The van der Waals surface area contributed by atoms with E-state index in [1.165, 1.54) is 5.56 Å². The zero-order valence-electron chi connectivity index (χ0n) is 7.91. The monoisotopic (exact) mass is 272 g/mol. The number of hydrogen-bond donors (Lipinski definition) is 1. The molecule has 1 nitrogen and oxygen atoms in total. The number of benzene rings is 1. The molecule has 0 bridgehead atoms. The molecule has 0 heterocycles. The van der Waals surface area contributed by atoms with Gasteiger partial charge in [0.2, 0.25) is 0 Å². The van der Waals surface area contributed by atoms with E-state index in [1.54, 1.807) is 0 Å². The third kappa shape index (κ3) is 2.49. The van der Waals surface area contributed by atoms with Gasteiger partial charge in [0.05, 0.1) is 0 Å². The Bertz CT molecular complexity index is 212. The Hall–Kier alpha value is -0.0213. The Morgan fingerprint density at radius 3 is 1.83 bits per heavy atom. The third-order valence-corrected chi connectivity index (χ3v) is 3.99. The predicted octanol–water partition coefficient (Wildman–Crippen LogP) is 1.17. The fraction of sp³-hybridized carbons (Fsp3) is 0.400. The van der Waals surface area contributed by atoms with Gasteiger partial charge in [-0.3, -0.25) is 0 Å². The van der Waals surface area contributed by atoms with Gasteiger partial charge in [-0.15, -0.1) is 0 Å². The Labute approximate surface area is 86.9 Å². The summed E-state index contributed by atoms with van der Waals surface area (Å²) in [6.45, 7) is 4.35. The molecule has 1 N–H and O–H groups in total. The first kappa shape index (κ1) is 10.1. The Balaban J connectivity index is 2.86. The van der Waals surface area contributed by atoms with Crippen molar-refractivity contribution >= 4 is 22.5 Å². The summed E-state index contributed by atoms with van der Waals surface area (Å²) in [5, 5.41) is 9.35. The van der Waals surface area contributed by atoms with Crippen LogP contribution in [0.3, 0.4) is 0 Å². The van der Waals surface area contributed by atoms with E-state index in [1.807, 2.05) is 12.1 Å². The van der Waals surface area contributed by atoms with Crippen molar-refractivity contribution in [1.29, 1.82) is 0 Å². The first-order chi connectivity index (χ1) is 5.61. The van der Waals surface area contributed by atoms with Crippen LogP contribution in [0.5, 0.6) is 0 Å². The van der Waals surface area contributed by atoms with Crippen LogP contribution in [0.2, 0.25) is 0 Å². The number of aliphatic hydroxyl groups excluding tert-OH is 1. The van der Waals surface area contributed by atoms with Crippen LogP contribution >= 0.6 is 0 Å². The van der Waals surface area contributed by atoms with Crippen molar-refractivity contribution in [1.82, 2.24) is 0 Å². The fourth-order valence-corrected chi connectivity index (χ4v) is 2.26. The summed E-state index contributed by atoms with van der Waals surface area (Å²) in [4.78, 5) is 0. The topological polar surface area (TPSA) is 20.2 Å². The molecule has 1 aromatic rings. The van der Waals surface area contributed by atoms with E-state index < -0.39 is 0 Å². The molecule has 1 unspecified atom stereocenters. The summed E-state index contributed by atoms with van der Waals surface area (Å²) in [5.41, 5.74) is 2.42. The van der Waals surface area contributed by atoms with Gasteiger partial charge in [-0.2, -0.15) is 0 Å². The number of rotatable bonds is 2. The second-order valence-corrected chi connectivity index (χ2v) is 6.62. The maximum atomic E-state index is 9.35. The van der Waals surface area contributed by atoms with Crippen molar-refractivity contribution in [2.24, 2.45) is 0 Å². The first-order valence-corrected chi connectivity index (χ1v) is 7.68. The van der Waals surface area contributed by atoms with E-state index in [0.29, 0.717) is 28.4 Å². The quantitative estimate of drug-likeness (QED) is 0.800. The van der Waals surface area contributed by atoms with Crippen molar-refractivity contribution in [3.05, 3.63) is 35.4 Å². The zero-order chi connectivity index (χ0) is 9.14. The van der Waals surface area contributed by atoms with Gasteiger partial charge in [0.1, 0.15) is 0 Å². The third-order valence-electron chi connectivity index (χ3n) is 2.09. The fourth-order valence-electron chi connectivity index (χ4n) is 1.16. The average Bonchev–Trinajstić information content (AvgIpc) is 2.04. The summed E-state index contributed by atoms with van der Waals surface area (Å²) >= 11 is 0.307. The molecule has 0 spiro atoms. The van der Waals surface area contributed by atoms with Gasteiger partial charge in [-0.1, -0.05) is 0 Å². The molecular weight excluding hydrogens is 255 g/mol. The molecule has 1 atom stereocenters. The normalized spacial score (nSPS) is 13.7. The van der Waals surface area contributed by atoms with Crippen LogP contribution < -0.4 is 0 Å². The van der Waals surface area contributed by atoms with Gasteiger partial charge in [0.25, 0.3) is 0 Å². The molecule has 0 amide bonds. The molecule has 1 aromatic carbocycles. The average molecular weight is 271 g/mol. The van der Waals surface area contributed by atoms with E-state index in [2.05, 4.69) is 26.0 Å². The Kier molecular flexibility index (Phi) is 3.59. The second kappa shape index (κ2) is 4.28. The molecule has 0 aliphatic rings. The molecule has 0 saturated heterocycles. The molecule has 0 aliphatic carbocycles. The molecule has 0 saturated carbocycles. The molecule has 0 aromatic heterocycles. The molecule has 12 heavy (non-hydrogen) atoms. The van der Waals surface area contributed by atoms with Gasteiger partial charge in [0.15, 0.2) is 0 Å². The van der Waals surface area contributed by atoms with Crippen LogP contribution in [-0.4, -0.2) is 27.6 Å². The molecule has 66 valence electrons. The predicted molar refractivity (Wildman–Crippen MR) is 55.4 cm³/mol. The standard InChI is InChI=1S/C10H13O.Sn.3H/c1-8(2)10-5-3-9(7-11)4-6-10;;;;/h3-8,11H,1-2H3;;;;. The second-order valence-electron chi connectivity index (χ2n) is 3.50. The van der Waals surface area contributed by atoms with Crippen LogP contribution in [0, 0.1) is 0 Å². The molecule has 2 heteroatoms. The van der Waals surface area contributed by atoms with E-state index in [-0.39, 0.29) is 4.12 Å². The van der Waals surface area contributed by atoms with Crippen LogP contribution in [0.25, 0.3) is 0 Å². The Morgan fingerprint density at radius 2 is 1.50 bits per heavy atom. The van der Waals surface area contributed by atoms with Crippen molar-refractivity contribution in [2.75, 3.05) is 0 Å². The first-order valence-electron chi connectivity index (χ1n) is 4.39. The molecule has 0 radical (unpaired) electrons. The van der Waals surface area contributed by atoms with E-state index in [9.17, 15) is 5.11 Å². The van der Waals surface area contributed by atoms with Crippen LogP contribution in [0.1, 0.15) is 35.0 Å². The van der Waals surface area contributed by atoms with Crippen molar-refractivity contribution in [2.45, 2.75) is 23.9 Å².